The van der Waals surface area contributed by atoms with Gasteiger partial charge in [-0.05, 0) is 66.7 Å². The number of halogens is 1. The van der Waals surface area contributed by atoms with Crippen molar-refractivity contribution in [3.63, 3.8) is 0 Å². The predicted molar refractivity (Wildman–Crippen MR) is 131 cm³/mol. The third-order valence-corrected chi connectivity index (χ3v) is 6.50. The molecule has 0 saturated carbocycles. The largest absolute Gasteiger partial charge is 0.495 e. The van der Waals surface area contributed by atoms with Crippen molar-refractivity contribution in [2.45, 2.75) is 18.2 Å². The van der Waals surface area contributed by atoms with E-state index in [1.165, 1.54) is 24.8 Å². The monoisotopic (exact) mass is 475 g/mol. The quantitative estimate of drug-likeness (QED) is 0.390. The standard InChI is InChI=1S/C22H22ClN3O3S2/c1-3-15-8-10-16(11-9-15)24-22(30)25-17-12-13-18(23)21(14-17)31(27,28)26-19-6-4-5-7-20(19)29-2/h4-14,26H,3H2,1-2H3,(H2,24,25,30). The summed E-state index contributed by atoms with van der Waals surface area (Å²) in [5.41, 5.74) is 2.84. The summed E-state index contributed by atoms with van der Waals surface area (Å²) in [5, 5.41) is 6.48. The van der Waals surface area contributed by atoms with Gasteiger partial charge in [0.2, 0.25) is 0 Å². The summed E-state index contributed by atoms with van der Waals surface area (Å²) >= 11 is 11.5. The van der Waals surface area contributed by atoms with Crippen LogP contribution in [0.2, 0.25) is 5.02 Å². The molecule has 0 saturated heterocycles. The first-order chi connectivity index (χ1) is 14.8. The Balaban J connectivity index is 1.78. The van der Waals surface area contributed by atoms with Gasteiger partial charge < -0.3 is 15.4 Å². The average molecular weight is 476 g/mol. The number of thiocarbonyl (C=S) groups is 1. The molecule has 3 aromatic carbocycles. The van der Waals surface area contributed by atoms with Crippen LogP contribution in [0.25, 0.3) is 0 Å². The average Bonchev–Trinajstić information content (AvgIpc) is 2.75. The summed E-state index contributed by atoms with van der Waals surface area (Å²) in [6, 6.07) is 19.2. The molecule has 3 N–H and O–H groups in total. The molecule has 0 aliphatic carbocycles. The van der Waals surface area contributed by atoms with Crippen molar-refractivity contribution in [1.82, 2.24) is 0 Å². The Labute approximate surface area is 192 Å². The van der Waals surface area contributed by atoms with Crippen LogP contribution in [0.3, 0.4) is 0 Å². The van der Waals surface area contributed by atoms with E-state index in [0.717, 1.165) is 12.1 Å². The molecule has 9 heteroatoms. The van der Waals surface area contributed by atoms with Gasteiger partial charge in [0.15, 0.2) is 5.11 Å². The zero-order valence-corrected chi connectivity index (χ0v) is 19.4. The maximum Gasteiger partial charge on any atom is 0.263 e. The number of para-hydroxylation sites is 2. The minimum atomic E-state index is -3.97. The molecule has 0 bridgehead atoms. The van der Waals surface area contributed by atoms with Crippen LogP contribution >= 0.6 is 23.8 Å². The van der Waals surface area contributed by atoms with Crippen molar-refractivity contribution < 1.29 is 13.2 Å². The van der Waals surface area contributed by atoms with Crippen molar-refractivity contribution in [3.05, 3.63) is 77.3 Å². The molecule has 3 rings (SSSR count). The minimum absolute atomic E-state index is 0.0832. The molecule has 0 atom stereocenters. The zero-order valence-electron chi connectivity index (χ0n) is 17.0. The molecule has 162 valence electrons. The normalized spacial score (nSPS) is 10.9. The fraction of sp³-hybridized carbons (Fsp3) is 0.136. The third kappa shape index (κ3) is 5.88. The number of aryl methyl sites for hydroxylation is 1. The highest BCUT2D eigenvalue weighted by molar-refractivity contribution is 7.92. The van der Waals surface area contributed by atoms with Crippen molar-refractivity contribution in [2.24, 2.45) is 0 Å². The van der Waals surface area contributed by atoms with Crippen molar-refractivity contribution in [3.8, 4) is 5.75 Å². The first kappa shape index (κ1) is 22.9. The molecule has 0 heterocycles. The molecule has 0 aliphatic rings. The SMILES string of the molecule is CCc1ccc(NC(=S)Nc2ccc(Cl)c(S(=O)(=O)Nc3ccccc3OC)c2)cc1. The minimum Gasteiger partial charge on any atom is -0.495 e. The molecule has 3 aromatic rings. The molecular formula is C22H22ClN3O3S2. The van der Waals surface area contributed by atoms with Crippen LogP contribution in [0.4, 0.5) is 17.1 Å². The second-order valence-corrected chi connectivity index (χ2v) is 9.05. The van der Waals surface area contributed by atoms with E-state index in [-0.39, 0.29) is 9.92 Å². The van der Waals surface area contributed by atoms with Gasteiger partial charge in [-0.25, -0.2) is 8.42 Å². The molecular weight excluding hydrogens is 454 g/mol. The van der Waals surface area contributed by atoms with E-state index in [1.807, 2.05) is 24.3 Å². The number of anilines is 3. The van der Waals surface area contributed by atoms with E-state index in [1.54, 1.807) is 30.3 Å². The van der Waals surface area contributed by atoms with Crippen LogP contribution < -0.4 is 20.1 Å². The number of hydrogen-bond acceptors (Lipinski definition) is 4. The summed E-state index contributed by atoms with van der Waals surface area (Å²) < 4.78 is 33.6. The van der Waals surface area contributed by atoms with Gasteiger partial charge >= 0.3 is 0 Å². The summed E-state index contributed by atoms with van der Waals surface area (Å²) in [6.45, 7) is 2.09. The summed E-state index contributed by atoms with van der Waals surface area (Å²) in [7, 11) is -2.50. The second-order valence-electron chi connectivity index (χ2n) is 6.58. The molecule has 0 spiro atoms. The smallest absolute Gasteiger partial charge is 0.263 e. The lowest BCUT2D eigenvalue weighted by molar-refractivity contribution is 0.417. The molecule has 6 nitrogen and oxygen atoms in total. The lowest BCUT2D eigenvalue weighted by atomic mass is 10.1. The molecule has 0 aliphatic heterocycles. The maximum absolute atomic E-state index is 13.0. The van der Waals surface area contributed by atoms with Crippen molar-refractivity contribution in [1.29, 1.82) is 0 Å². The van der Waals surface area contributed by atoms with Gasteiger partial charge in [0.05, 0.1) is 17.8 Å². The Hall–Kier alpha value is -2.81. The molecule has 0 aromatic heterocycles. The lowest BCUT2D eigenvalue weighted by Gasteiger charge is -2.15. The van der Waals surface area contributed by atoms with E-state index in [9.17, 15) is 8.42 Å². The Morgan fingerprint density at radius 1 is 1.00 bits per heavy atom. The molecule has 0 radical (unpaired) electrons. The van der Waals surface area contributed by atoms with E-state index in [2.05, 4.69) is 22.3 Å². The van der Waals surface area contributed by atoms with Gasteiger partial charge in [-0.2, -0.15) is 0 Å². The van der Waals surface area contributed by atoms with Gasteiger partial charge in [0.1, 0.15) is 10.6 Å². The molecule has 0 fully saturated rings. The predicted octanol–water partition coefficient (Wildman–Crippen LogP) is 5.52. The van der Waals surface area contributed by atoms with Crippen LogP contribution in [0.1, 0.15) is 12.5 Å². The van der Waals surface area contributed by atoms with Crippen LogP contribution in [-0.2, 0) is 16.4 Å². The van der Waals surface area contributed by atoms with Gasteiger partial charge in [0, 0.05) is 11.4 Å². The first-order valence-corrected chi connectivity index (χ1v) is 11.7. The van der Waals surface area contributed by atoms with Crippen LogP contribution in [0, 0.1) is 0 Å². The highest BCUT2D eigenvalue weighted by Crippen LogP contribution is 2.30. The highest BCUT2D eigenvalue weighted by atomic mass is 35.5. The Bertz CT molecular complexity index is 1180. The Morgan fingerprint density at radius 3 is 2.32 bits per heavy atom. The lowest BCUT2D eigenvalue weighted by Crippen LogP contribution is -2.20. The zero-order chi connectivity index (χ0) is 22.4. The molecule has 0 amide bonds. The summed E-state index contributed by atoms with van der Waals surface area (Å²) in [6.07, 6.45) is 0.952. The van der Waals surface area contributed by atoms with Gasteiger partial charge in [-0.3, -0.25) is 4.72 Å². The van der Waals surface area contributed by atoms with Crippen LogP contribution in [0.15, 0.2) is 71.6 Å². The number of rotatable bonds is 7. The van der Waals surface area contributed by atoms with E-state index >= 15 is 0 Å². The summed E-state index contributed by atoms with van der Waals surface area (Å²) in [5.74, 6) is 0.399. The van der Waals surface area contributed by atoms with Gasteiger partial charge in [-0.15, -0.1) is 0 Å². The van der Waals surface area contributed by atoms with E-state index < -0.39 is 10.0 Å². The van der Waals surface area contributed by atoms with Crippen LogP contribution in [0.5, 0.6) is 5.75 Å². The topological polar surface area (TPSA) is 79.5 Å². The van der Waals surface area contributed by atoms with Gasteiger partial charge in [-0.1, -0.05) is 42.8 Å². The number of nitrogens with one attached hydrogen (secondary N) is 3. The molecule has 0 unspecified atom stereocenters. The maximum atomic E-state index is 13.0. The van der Waals surface area contributed by atoms with Crippen LogP contribution in [-0.4, -0.2) is 20.6 Å². The van der Waals surface area contributed by atoms with Gasteiger partial charge in [0.25, 0.3) is 10.0 Å². The van der Waals surface area contributed by atoms with E-state index in [4.69, 9.17) is 28.6 Å². The number of ether oxygens (including phenoxy) is 1. The first-order valence-electron chi connectivity index (χ1n) is 9.44. The molecule has 31 heavy (non-hydrogen) atoms. The van der Waals surface area contributed by atoms with E-state index in [0.29, 0.717) is 22.2 Å². The van der Waals surface area contributed by atoms with Crippen molar-refractivity contribution >= 4 is 56.0 Å². The fourth-order valence-corrected chi connectivity index (χ4v) is 4.67. The second kappa shape index (κ2) is 10.00. The summed E-state index contributed by atoms with van der Waals surface area (Å²) in [4.78, 5) is -0.0832. The Kier molecular flexibility index (Phi) is 7.37. The number of methoxy groups -OCH3 is 1. The number of sulfonamides is 1. The van der Waals surface area contributed by atoms with Crippen molar-refractivity contribution in [2.75, 3.05) is 22.5 Å². The Morgan fingerprint density at radius 2 is 1.65 bits per heavy atom. The highest BCUT2D eigenvalue weighted by Gasteiger charge is 2.20. The number of benzene rings is 3. The fourth-order valence-electron chi connectivity index (χ4n) is 2.83. The third-order valence-electron chi connectivity index (χ3n) is 4.45. The number of hydrogen-bond donors (Lipinski definition) is 3.